The molecule has 1 N–H and O–H groups in total. The Kier molecular flexibility index (Phi) is 4.88. The molecule has 0 bridgehead atoms. The number of rotatable bonds is 5. The Labute approximate surface area is 180 Å². The van der Waals surface area contributed by atoms with Gasteiger partial charge in [0.15, 0.2) is 0 Å². The molecule has 4 heterocycles. The predicted octanol–water partition coefficient (Wildman–Crippen LogP) is 3.66. The van der Waals surface area contributed by atoms with E-state index in [1.165, 1.54) is 0 Å². The number of aromatic nitrogens is 4. The zero-order chi connectivity index (χ0) is 21.4. The highest BCUT2D eigenvalue weighted by Crippen LogP contribution is 2.34. The Morgan fingerprint density at radius 2 is 1.87 bits per heavy atom. The highest BCUT2D eigenvalue weighted by atomic mass is 16.5. The topological polar surface area (TPSA) is 77.0 Å². The van der Waals surface area contributed by atoms with Crippen LogP contribution in [0.5, 0.6) is 0 Å². The van der Waals surface area contributed by atoms with Crippen LogP contribution in [0.3, 0.4) is 0 Å². The predicted molar refractivity (Wildman–Crippen MR) is 121 cm³/mol. The molecular weight excluding hydrogens is 387 g/mol. The van der Waals surface area contributed by atoms with Crippen molar-refractivity contribution in [1.82, 2.24) is 19.7 Å². The van der Waals surface area contributed by atoms with Gasteiger partial charge in [0.25, 0.3) is 0 Å². The summed E-state index contributed by atoms with van der Waals surface area (Å²) >= 11 is 0. The number of fused-ring (bicyclic) bond motifs is 1. The van der Waals surface area contributed by atoms with Gasteiger partial charge in [-0.25, -0.2) is 0 Å². The fourth-order valence-electron chi connectivity index (χ4n) is 3.95. The van der Waals surface area contributed by atoms with E-state index in [1.54, 1.807) is 6.20 Å². The van der Waals surface area contributed by atoms with E-state index in [4.69, 9.17) is 9.51 Å². The van der Waals surface area contributed by atoms with Crippen molar-refractivity contribution in [3.63, 3.8) is 0 Å². The van der Waals surface area contributed by atoms with Crippen LogP contribution >= 0.6 is 0 Å². The lowest BCUT2D eigenvalue weighted by Crippen LogP contribution is -2.11. The van der Waals surface area contributed by atoms with Crippen molar-refractivity contribution in [2.24, 2.45) is 0 Å². The van der Waals surface area contributed by atoms with Gasteiger partial charge in [-0.05, 0) is 37.6 Å². The van der Waals surface area contributed by atoms with Crippen LogP contribution in [0.1, 0.15) is 17.1 Å². The summed E-state index contributed by atoms with van der Waals surface area (Å²) in [5, 5.41) is 13.3. The van der Waals surface area contributed by atoms with Crippen LogP contribution in [0.2, 0.25) is 0 Å². The van der Waals surface area contributed by atoms with Crippen molar-refractivity contribution in [2.45, 2.75) is 20.4 Å². The Bertz CT molecular complexity index is 1340. The fraction of sp³-hybridized carbons (Fsp3) is 0.125. The van der Waals surface area contributed by atoms with Gasteiger partial charge in [0.1, 0.15) is 5.76 Å². The average molecular weight is 407 g/mol. The van der Waals surface area contributed by atoms with Gasteiger partial charge in [-0.2, -0.15) is 0 Å². The van der Waals surface area contributed by atoms with E-state index in [2.05, 4.69) is 27.0 Å². The Balaban J connectivity index is 1.69. The van der Waals surface area contributed by atoms with E-state index in [-0.39, 0.29) is 0 Å². The number of hydrogen-bond donors (Lipinski definition) is 1. The molecule has 0 aliphatic heterocycles. The van der Waals surface area contributed by atoms with E-state index < -0.39 is 0 Å². The third-order valence-corrected chi connectivity index (χ3v) is 5.47. The molecule has 6 nitrogen and oxygen atoms in total. The third-order valence-electron chi connectivity index (χ3n) is 5.47. The molecule has 5 aromatic rings. The van der Waals surface area contributed by atoms with Crippen molar-refractivity contribution in [3.05, 3.63) is 84.3 Å². The molecule has 151 valence electrons. The zero-order valence-corrected chi connectivity index (χ0v) is 17.3. The van der Waals surface area contributed by atoms with Crippen molar-refractivity contribution in [3.8, 4) is 22.3 Å². The van der Waals surface area contributed by atoms with Gasteiger partial charge in [0, 0.05) is 35.3 Å². The van der Waals surface area contributed by atoms with Crippen molar-refractivity contribution < 1.29 is 9.55 Å². The lowest BCUT2D eigenvalue weighted by atomic mass is 9.88. The fourth-order valence-corrected chi connectivity index (χ4v) is 3.95. The number of aryl methyl sites for hydroxylation is 2. The van der Waals surface area contributed by atoms with Gasteiger partial charge in [0.2, 0.25) is 0 Å². The first kappa shape index (κ1) is 19.3. The maximum Gasteiger partial charge on any atom is 0.326 e. The largest absolute Gasteiger partial charge is 0.450 e. The SMILES string of the molecule is Cc1noc(C)c1-c1cnc2c(-c3ccc([B]O)cc3)cn(Cc3ccccn3)c2c1. The van der Waals surface area contributed by atoms with Gasteiger partial charge in [-0.1, -0.05) is 41.0 Å². The van der Waals surface area contributed by atoms with Crippen LogP contribution in [-0.2, 0) is 6.54 Å². The first-order chi connectivity index (χ1) is 15.1. The minimum atomic E-state index is 0.632. The molecule has 0 aliphatic carbocycles. The molecule has 0 saturated heterocycles. The molecule has 4 aromatic heterocycles. The van der Waals surface area contributed by atoms with Gasteiger partial charge >= 0.3 is 7.48 Å². The molecule has 0 fully saturated rings. The first-order valence-corrected chi connectivity index (χ1v) is 10.0. The van der Waals surface area contributed by atoms with Crippen molar-refractivity contribution in [1.29, 1.82) is 0 Å². The molecule has 0 spiro atoms. The molecule has 31 heavy (non-hydrogen) atoms. The summed E-state index contributed by atoms with van der Waals surface area (Å²) in [5.41, 5.74) is 8.51. The quantitative estimate of drug-likeness (QED) is 0.450. The molecule has 7 heteroatoms. The Morgan fingerprint density at radius 3 is 2.55 bits per heavy atom. The second-order valence-corrected chi connectivity index (χ2v) is 7.53. The Hall–Kier alpha value is -3.71. The van der Waals surface area contributed by atoms with E-state index >= 15 is 0 Å². The summed E-state index contributed by atoms with van der Waals surface area (Å²) in [6.45, 7) is 4.48. The summed E-state index contributed by atoms with van der Waals surface area (Å²) in [6, 6.07) is 15.8. The third kappa shape index (κ3) is 3.53. The molecule has 0 unspecified atom stereocenters. The maximum absolute atomic E-state index is 9.24. The summed E-state index contributed by atoms with van der Waals surface area (Å²) in [7, 11) is 1.10. The van der Waals surface area contributed by atoms with Gasteiger partial charge in [-0.3, -0.25) is 9.97 Å². The average Bonchev–Trinajstić information content (AvgIpc) is 3.33. The van der Waals surface area contributed by atoms with Crippen LogP contribution in [-0.4, -0.2) is 32.2 Å². The highest BCUT2D eigenvalue weighted by Gasteiger charge is 2.17. The van der Waals surface area contributed by atoms with Crippen LogP contribution in [0.15, 0.2) is 71.6 Å². The lowest BCUT2D eigenvalue weighted by molar-refractivity contribution is 0.393. The number of benzene rings is 1. The summed E-state index contributed by atoms with van der Waals surface area (Å²) in [5.74, 6) is 0.776. The van der Waals surface area contributed by atoms with E-state index in [9.17, 15) is 5.02 Å². The van der Waals surface area contributed by atoms with Gasteiger partial charge in [0.05, 0.1) is 29.0 Å². The maximum atomic E-state index is 9.24. The van der Waals surface area contributed by atoms with Crippen LogP contribution < -0.4 is 5.46 Å². The van der Waals surface area contributed by atoms with E-state index in [1.807, 2.05) is 62.5 Å². The number of nitrogens with zero attached hydrogens (tertiary/aromatic N) is 4. The van der Waals surface area contributed by atoms with Gasteiger partial charge in [-0.15, -0.1) is 0 Å². The van der Waals surface area contributed by atoms with Crippen molar-refractivity contribution >= 4 is 24.0 Å². The Morgan fingerprint density at radius 1 is 1.03 bits per heavy atom. The van der Waals surface area contributed by atoms with Crippen molar-refractivity contribution in [2.75, 3.05) is 0 Å². The second kappa shape index (κ2) is 7.85. The molecular formula is C24H20BN4O2. The number of hydrogen-bond acceptors (Lipinski definition) is 5. The van der Waals surface area contributed by atoms with E-state index in [0.717, 1.165) is 63.4 Å². The molecule has 0 aliphatic rings. The molecule has 0 amide bonds. The summed E-state index contributed by atoms with van der Waals surface area (Å²) in [4.78, 5) is 9.32. The monoisotopic (exact) mass is 407 g/mol. The summed E-state index contributed by atoms with van der Waals surface area (Å²) < 4.78 is 7.54. The smallest absolute Gasteiger partial charge is 0.326 e. The molecule has 1 radical (unpaired) electrons. The van der Waals surface area contributed by atoms with E-state index in [0.29, 0.717) is 6.54 Å². The van der Waals surface area contributed by atoms with Crippen LogP contribution in [0.4, 0.5) is 0 Å². The van der Waals surface area contributed by atoms with Crippen LogP contribution in [0, 0.1) is 13.8 Å². The molecule has 0 atom stereocenters. The lowest BCUT2D eigenvalue weighted by Gasteiger charge is -2.06. The second-order valence-electron chi connectivity index (χ2n) is 7.53. The highest BCUT2D eigenvalue weighted by molar-refractivity contribution is 6.45. The number of pyridine rings is 2. The molecule has 1 aromatic carbocycles. The minimum absolute atomic E-state index is 0.632. The first-order valence-electron chi connectivity index (χ1n) is 10.0. The minimum Gasteiger partial charge on any atom is -0.450 e. The normalized spacial score (nSPS) is 11.2. The standard InChI is InChI=1S/C24H20BN4O2/c1-15-23(16(2)31-28-15)18-11-22-24(27-12-18)21(17-6-8-19(25-30)9-7-17)14-29(22)13-20-5-3-4-10-26-20/h3-12,14,30H,13H2,1-2H3. The zero-order valence-electron chi connectivity index (χ0n) is 17.3. The molecule has 0 saturated carbocycles. The van der Waals surface area contributed by atoms with Gasteiger partial charge < -0.3 is 14.1 Å². The molecule has 5 rings (SSSR count). The van der Waals surface area contributed by atoms with Crippen LogP contribution in [0.25, 0.3) is 33.3 Å². The summed E-state index contributed by atoms with van der Waals surface area (Å²) in [6.07, 6.45) is 5.79.